The van der Waals surface area contributed by atoms with Crippen LogP contribution in [0, 0.1) is 0 Å². The highest BCUT2D eigenvalue weighted by Crippen LogP contribution is 2.32. The highest BCUT2D eigenvalue weighted by molar-refractivity contribution is 7.80. The van der Waals surface area contributed by atoms with E-state index in [2.05, 4.69) is 10.6 Å². The van der Waals surface area contributed by atoms with Crippen molar-refractivity contribution < 1.29 is 18.0 Å². The molecule has 1 amide bonds. The molecule has 108 valence electrons. The molecule has 0 spiro atoms. The summed E-state index contributed by atoms with van der Waals surface area (Å²) >= 11 is 4.78. The van der Waals surface area contributed by atoms with Crippen molar-refractivity contribution in [1.29, 1.82) is 0 Å². The van der Waals surface area contributed by atoms with Crippen molar-refractivity contribution in [2.24, 2.45) is 5.73 Å². The fourth-order valence-corrected chi connectivity index (χ4v) is 2.15. The molecule has 1 aliphatic heterocycles. The molecule has 4 nitrogen and oxygen atoms in total. The Balaban J connectivity index is 2.28. The van der Waals surface area contributed by atoms with Crippen molar-refractivity contribution in [2.75, 3.05) is 11.9 Å². The predicted molar refractivity (Wildman–Crippen MR) is 72.4 cm³/mol. The second-order valence-corrected chi connectivity index (χ2v) is 4.91. The first kappa shape index (κ1) is 14.6. The van der Waals surface area contributed by atoms with Crippen molar-refractivity contribution in [3.63, 3.8) is 0 Å². The maximum atomic E-state index is 12.7. The lowest BCUT2D eigenvalue weighted by molar-refractivity contribution is -0.137. The lowest BCUT2D eigenvalue weighted by Gasteiger charge is -2.17. The number of hydrogen-bond donors (Lipinski definition) is 3. The Morgan fingerprint density at radius 3 is 2.65 bits per heavy atom. The standard InChI is InChI=1S/C12H12F3N3OS/c13-12(14,15)6-1-2-9(8(3-6)11(16)20)18-7-4-10(19)17-5-7/h1-3,7,18H,4-5H2,(H2,16,20)(H,17,19). The van der Waals surface area contributed by atoms with Crippen LogP contribution in [0.1, 0.15) is 17.5 Å². The SMILES string of the molecule is NC(=S)c1cc(C(F)(F)F)ccc1NC1CNC(=O)C1. The quantitative estimate of drug-likeness (QED) is 0.743. The van der Waals surface area contributed by atoms with E-state index in [9.17, 15) is 18.0 Å². The smallest absolute Gasteiger partial charge is 0.389 e. The molecular formula is C12H12F3N3OS. The summed E-state index contributed by atoms with van der Waals surface area (Å²) in [6.45, 7) is 0.413. The summed E-state index contributed by atoms with van der Waals surface area (Å²) in [5.41, 5.74) is 5.17. The third-order valence-electron chi connectivity index (χ3n) is 2.95. The van der Waals surface area contributed by atoms with Crippen LogP contribution in [0.15, 0.2) is 18.2 Å². The molecule has 0 saturated carbocycles. The van der Waals surface area contributed by atoms with E-state index in [0.717, 1.165) is 12.1 Å². The summed E-state index contributed by atoms with van der Waals surface area (Å²) in [5.74, 6) is -0.105. The van der Waals surface area contributed by atoms with Crippen LogP contribution >= 0.6 is 12.2 Å². The van der Waals surface area contributed by atoms with E-state index >= 15 is 0 Å². The maximum Gasteiger partial charge on any atom is 0.416 e. The first-order valence-corrected chi connectivity index (χ1v) is 6.22. The Morgan fingerprint density at radius 2 is 2.15 bits per heavy atom. The summed E-state index contributed by atoms with van der Waals surface area (Å²) in [4.78, 5) is 11.0. The molecule has 0 radical (unpaired) electrons. The van der Waals surface area contributed by atoms with E-state index in [4.69, 9.17) is 18.0 Å². The summed E-state index contributed by atoms with van der Waals surface area (Å²) < 4.78 is 38.0. The number of rotatable bonds is 3. The van der Waals surface area contributed by atoms with Gasteiger partial charge in [0, 0.05) is 24.2 Å². The molecule has 1 saturated heterocycles. The molecule has 1 aliphatic rings. The number of anilines is 1. The number of benzene rings is 1. The van der Waals surface area contributed by atoms with Gasteiger partial charge in [0.15, 0.2) is 0 Å². The van der Waals surface area contributed by atoms with E-state index in [1.54, 1.807) is 0 Å². The molecular weight excluding hydrogens is 291 g/mol. The summed E-state index contributed by atoms with van der Waals surface area (Å²) in [6, 6.07) is 2.95. The molecule has 4 N–H and O–H groups in total. The summed E-state index contributed by atoms with van der Waals surface area (Å²) in [5, 5.41) is 5.61. The predicted octanol–water partition coefficient (Wildman–Crippen LogP) is 1.64. The third-order valence-corrected chi connectivity index (χ3v) is 3.17. The number of amides is 1. The molecule has 1 heterocycles. The zero-order valence-corrected chi connectivity index (χ0v) is 11.1. The van der Waals surface area contributed by atoms with Gasteiger partial charge >= 0.3 is 6.18 Å². The Kier molecular flexibility index (Phi) is 3.85. The van der Waals surface area contributed by atoms with Gasteiger partial charge < -0.3 is 16.4 Å². The van der Waals surface area contributed by atoms with Crippen LogP contribution in [0.2, 0.25) is 0 Å². The van der Waals surface area contributed by atoms with Gasteiger partial charge in [-0.3, -0.25) is 4.79 Å². The fourth-order valence-electron chi connectivity index (χ4n) is 1.98. The molecule has 2 rings (SSSR count). The minimum atomic E-state index is -4.46. The monoisotopic (exact) mass is 303 g/mol. The maximum absolute atomic E-state index is 12.7. The van der Waals surface area contributed by atoms with Crippen LogP contribution in [0.3, 0.4) is 0 Å². The molecule has 1 aromatic carbocycles. The number of carbonyl (C=O) groups is 1. The fraction of sp³-hybridized carbons (Fsp3) is 0.333. The van der Waals surface area contributed by atoms with Gasteiger partial charge in [-0.15, -0.1) is 0 Å². The second kappa shape index (κ2) is 5.28. The first-order chi connectivity index (χ1) is 9.27. The van der Waals surface area contributed by atoms with Crippen molar-refractivity contribution in [3.8, 4) is 0 Å². The van der Waals surface area contributed by atoms with E-state index in [-0.39, 0.29) is 28.9 Å². The largest absolute Gasteiger partial charge is 0.416 e. The van der Waals surface area contributed by atoms with Gasteiger partial charge in [0.2, 0.25) is 5.91 Å². The lowest BCUT2D eigenvalue weighted by Crippen LogP contribution is -2.24. The van der Waals surface area contributed by atoms with Gasteiger partial charge in [-0.2, -0.15) is 13.2 Å². The topological polar surface area (TPSA) is 67.2 Å². The van der Waals surface area contributed by atoms with Crippen LogP contribution in [0.5, 0.6) is 0 Å². The molecule has 0 aliphatic carbocycles. The van der Waals surface area contributed by atoms with Gasteiger partial charge in [0.05, 0.1) is 11.6 Å². The minimum Gasteiger partial charge on any atom is -0.389 e. The molecule has 20 heavy (non-hydrogen) atoms. The number of alkyl halides is 3. The van der Waals surface area contributed by atoms with Gasteiger partial charge in [-0.05, 0) is 18.2 Å². The lowest BCUT2D eigenvalue weighted by atomic mass is 10.1. The van der Waals surface area contributed by atoms with E-state index in [1.807, 2.05) is 0 Å². The van der Waals surface area contributed by atoms with Crippen molar-refractivity contribution >= 4 is 28.8 Å². The summed E-state index contributed by atoms with van der Waals surface area (Å²) in [7, 11) is 0. The number of nitrogens with two attached hydrogens (primary N) is 1. The van der Waals surface area contributed by atoms with Crippen LogP contribution < -0.4 is 16.4 Å². The van der Waals surface area contributed by atoms with Gasteiger partial charge in [-0.25, -0.2) is 0 Å². The van der Waals surface area contributed by atoms with E-state index in [0.29, 0.717) is 12.2 Å². The number of halogens is 3. The van der Waals surface area contributed by atoms with Crippen LogP contribution in [0.4, 0.5) is 18.9 Å². The van der Waals surface area contributed by atoms with Gasteiger partial charge in [-0.1, -0.05) is 12.2 Å². The molecule has 0 bridgehead atoms. The zero-order valence-electron chi connectivity index (χ0n) is 10.3. The van der Waals surface area contributed by atoms with Crippen LogP contribution in [-0.2, 0) is 11.0 Å². The van der Waals surface area contributed by atoms with Gasteiger partial charge in [0.25, 0.3) is 0 Å². The first-order valence-electron chi connectivity index (χ1n) is 5.81. The van der Waals surface area contributed by atoms with Crippen molar-refractivity contribution in [3.05, 3.63) is 29.3 Å². The average Bonchev–Trinajstić information content (AvgIpc) is 2.73. The van der Waals surface area contributed by atoms with E-state index in [1.165, 1.54) is 6.07 Å². The molecule has 8 heteroatoms. The van der Waals surface area contributed by atoms with Crippen molar-refractivity contribution in [2.45, 2.75) is 18.6 Å². The Hall–Kier alpha value is -1.83. The van der Waals surface area contributed by atoms with Crippen LogP contribution in [-0.4, -0.2) is 23.5 Å². The normalized spacial score (nSPS) is 18.8. The highest BCUT2D eigenvalue weighted by atomic mass is 32.1. The zero-order chi connectivity index (χ0) is 14.9. The Morgan fingerprint density at radius 1 is 1.45 bits per heavy atom. The Bertz CT molecular complexity index is 559. The number of carbonyl (C=O) groups excluding carboxylic acids is 1. The Labute approximate surface area is 118 Å². The van der Waals surface area contributed by atoms with E-state index < -0.39 is 11.7 Å². The molecule has 0 aromatic heterocycles. The number of thiocarbonyl (C=S) groups is 1. The third kappa shape index (κ3) is 3.19. The number of hydrogen-bond acceptors (Lipinski definition) is 3. The van der Waals surface area contributed by atoms with Crippen LogP contribution in [0.25, 0.3) is 0 Å². The average molecular weight is 303 g/mol. The summed E-state index contributed by atoms with van der Waals surface area (Å²) in [6.07, 6.45) is -4.19. The van der Waals surface area contributed by atoms with Gasteiger partial charge in [0.1, 0.15) is 4.99 Å². The second-order valence-electron chi connectivity index (χ2n) is 4.47. The molecule has 1 atom stereocenters. The van der Waals surface area contributed by atoms with Crippen molar-refractivity contribution in [1.82, 2.24) is 5.32 Å². The minimum absolute atomic E-state index is 0.105. The molecule has 1 aromatic rings. The number of nitrogens with one attached hydrogen (secondary N) is 2. The highest BCUT2D eigenvalue weighted by Gasteiger charge is 2.31. The molecule has 1 fully saturated rings. The molecule has 1 unspecified atom stereocenters.